The van der Waals surface area contributed by atoms with Crippen LogP contribution >= 0.6 is 0 Å². The predicted octanol–water partition coefficient (Wildman–Crippen LogP) is 2.42. The van der Waals surface area contributed by atoms with E-state index in [2.05, 4.69) is 10.3 Å². The van der Waals surface area contributed by atoms with E-state index in [9.17, 15) is 4.39 Å². The number of pyridine rings is 1. The van der Waals surface area contributed by atoms with Crippen LogP contribution in [0, 0.1) is 5.82 Å². The lowest BCUT2D eigenvalue weighted by Gasteiger charge is -2.05. The van der Waals surface area contributed by atoms with Crippen LogP contribution in [0.25, 0.3) is 0 Å². The van der Waals surface area contributed by atoms with Crippen molar-refractivity contribution in [2.24, 2.45) is 0 Å². The molecule has 0 aliphatic carbocycles. The minimum atomic E-state index is -0.231. The molecule has 0 spiro atoms. The second kappa shape index (κ2) is 4.61. The molecule has 1 heterocycles. The fourth-order valence-corrected chi connectivity index (χ4v) is 1.34. The van der Waals surface area contributed by atoms with Gasteiger partial charge in [-0.05, 0) is 29.8 Å². The maximum atomic E-state index is 12.7. The molecule has 2 aromatic rings. The second-order valence-corrected chi connectivity index (χ2v) is 3.43. The fourth-order valence-electron chi connectivity index (χ4n) is 1.34. The van der Waals surface area contributed by atoms with Gasteiger partial charge in [0, 0.05) is 6.54 Å². The molecule has 2 rings (SSSR count). The molecule has 16 heavy (non-hydrogen) atoms. The van der Waals surface area contributed by atoms with Crippen LogP contribution in [-0.2, 0) is 6.54 Å². The van der Waals surface area contributed by atoms with Gasteiger partial charge >= 0.3 is 0 Å². The lowest BCUT2D eigenvalue weighted by atomic mass is 10.2. The van der Waals surface area contributed by atoms with Crippen LogP contribution in [0.15, 0.2) is 42.5 Å². The van der Waals surface area contributed by atoms with E-state index in [-0.39, 0.29) is 5.82 Å². The average Bonchev–Trinajstić information content (AvgIpc) is 2.28. The number of hydrogen-bond acceptors (Lipinski definition) is 3. The van der Waals surface area contributed by atoms with Crippen molar-refractivity contribution in [3.8, 4) is 0 Å². The summed E-state index contributed by atoms with van der Waals surface area (Å²) < 4.78 is 12.7. The number of anilines is 2. The van der Waals surface area contributed by atoms with Crippen molar-refractivity contribution in [2.75, 3.05) is 11.1 Å². The Kier molecular flexibility index (Phi) is 3.00. The Morgan fingerprint density at radius 3 is 2.56 bits per heavy atom. The largest absolute Gasteiger partial charge is 0.384 e. The van der Waals surface area contributed by atoms with Crippen LogP contribution in [0.3, 0.4) is 0 Å². The molecule has 4 heteroatoms. The van der Waals surface area contributed by atoms with E-state index < -0.39 is 0 Å². The molecule has 0 saturated heterocycles. The molecule has 0 aliphatic heterocycles. The second-order valence-electron chi connectivity index (χ2n) is 3.43. The number of aromatic nitrogens is 1. The van der Waals surface area contributed by atoms with Gasteiger partial charge in [0.25, 0.3) is 0 Å². The normalized spacial score (nSPS) is 10.1. The quantitative estimate of drug-likeness (QED) is 0.830. The highest BCUT2D eigenvalue weighted by Gasteiger charge is 1.96. The Labute approximate surface area is 93.1 Å². The van der Waals surface area contributed by atoms with Crippen LogP contribution in [0.5, 0.6) is 0 Å². The maximum absolute atomic E-state index is 12.7. The molecule has 0 atom stereocenters. The van der Waals surface area contributed by atoms with E-state index in [1.165, 1.54) is 12.1 Å². The zero-order valence-corrected chi connectivity index (χ0v) is 8.65. The summed E-state index contributed by atoms with van der Waals surface area (Å²) in [5, 5.41) is 3.11. The van der Waals surface area contributed by atoms with Gasteiger partial charge in [0.1, 0.15) is 17.5 Å². The van der Waals surface area contributed by atoms with Crippen molar-refractivity contribution >= 4 is 11.6 Å². The monoisotopic (exact) mass is 217 g/mol. The van der Waals surface area contributed by atoms with Crippen molar-refractivity contribution in [3.05, 3.63) is 53.8 Å². The Bertz CT molecular complexity index is 468. The van der Waals surface area contributed by atoms with Gasteiger partial charge in [0.05, 0.1) is 0 Å². The van der Waals surface area contributed by atoms with E-state index in [4.69, 9.17) is 5.73 Å². The standard InChI is InChI=1S/C12H12FN3/c13-10-6-4-9(5-7-10)8-15-12-3-1-2-11(14)16-12/h1-7H,8H2,(H3,14,15,16). The average molecular weight is 217 g/mol. The van der Waals surface area contributed by atoms with Crippen LogP contribution in [-0.4, -0.2) is 4.98 Å². The minimum Gasteiger partial charge on any atom is -0.384 e. The van der Waals surface area contributed by atoms with Crippen molar-refractivity contribution in [1.29, 1.82) is 0 Å². The molecule has 0 radical (unpaired) electrons. The van der Waals surface area contributed by atoms with Gasteiger partial charge in [-0.15, -0.1) is 0 Å². The van der Waals surface area contributed by atoms with E-state index in [1.807, 2.05) is 12.1 Å². The van der Waals surface area contributed by atoms with Gasteiger partial charge < -0.3 is 11.1 Å². The number of nitrogens with two attached hydrogens (primary N) is 1. The van der Waals surface area contributed by atoms with Gasteiger partial charge in [-0.2, -0.15) is 0 Å². The Hall–Kier alpha value is -2.10. The van der Waals surface area contributed by atoms with E-state index in [0.29, 0.717) is 18.2 Å². The molecule has 0 bridgehead atoms. The SMILES string of the molecule is Nc1cccc(NCc2ccc(F)cc2)n1. The molecule has 3 N–H and O–H groups in total. The van der Waals surface area contributed by atoms with E-state index in [0.717, 1.165) is 5.56 Å². The van der Waals surface area contributed by atoms with Gasteiger partial charge in [-0.25, -0.2) is 9.37 Å². The Morgan fingerprint density at radius 2 is 1.88 bits per heavy atom. The summed E-state index contributed by atoms with van der Waals surface area (Å²) in [5.74, 6) is 0.958. The first kappa shape index (κ1) is 10.4. The first-order valence-corrected chi connectivity index (χ1v) is 4.95. The van der Waals surface area contributed by atoms with Gasteiger partial charge in [0.15, 0.2) is 0 Å². The van der Waals surface area contributed by atoms with Crippen LogP contribution in [0.4, 0.5) is 16.0 Å². The molecule has 0 fully saturated rings. The highest BCUT2D eigenvalue weighted by atomic mass is 19.1. The lowest BCUT2D eigenvalue weighted by Crippen LogP contribution is -2.02. The molecule has 0 saturated carbocycles. The molecule has 82 valence electrons. The van der Waals surface area contributed by atoms with Crippen LogP contribution in [0.1, 0.15) is 5.56 Å². The number of rotatable bonds is 3. The third-order valence-corrected chi connectivity index (χ3v) is 2.16. The molecule has 1 aromatic carbocycles. The third kappa shape index (κ3) is 2.70. The van der Waals surface area contributed by atoms with Gasteiger partial charge in [-0.1, -0.05) is 18.2 Å². The van der Waals surface area contributed by atoms with Crippen molar-refractivity contribution in [1.82, 2.24) is 4.98 Å². The van der Waals surface area contributed by atoms with Crippen molar-refractivity contribution in [2.45, 2.75) is 6.54 Å². The number of hydrogen-bond donors (Lipinski definition) is 2. The smallest absolute Gasteiger partial charge is 0.128 e. The predicted molar refractivity (Wildman–Crippen MR) is 62.4 cm³/mol. The molecule has 1 aromatic heterocycles. The van der Waals surface area contributed by atoms with Crippen LogP contribution in [0.2, 0.25) is 0 Å². The van der Waals surface area contributed by atoms with E-state index >= 15 is 0 Å². The molecular formula is C12H12FN3. The number of nitrogen functional groups attached to an aromatic ring is 1. The highest BCUT2D eigenvalue weighted by Crippen LogP contribution is 2.09. The number of benzene rings is 1. The lowest BCUT2D eigenvalue weighted by molar-refractivity contribution is 0.627. The van der Waals surface area contributed by atoms with Gasteiger partial charge in [0.2, 0.25) is 0 Å². The fraction of sp³-hybridized carbons (Fsp3) is 0.0833. The summed E-state index contributed by atoms with van der Waals surface area (Å²) in [6.45, 7) is 0.594. The highest BCUT2D eigenvalue weighted by molar-refractivity contribution is 5.42. The summed E-state index contributed by atoms with van der Waals surface area (Å²) in [4.78, 5) is 4.10. The number of halogens is 1. The first-order chi connectivity index (χ1) is 7.74. The Morgan fingerprint density at radius 1 is 1.12 bits per heavy atom. The topological polar surface area (TPSA) is 50.9 Å². The number of nitrogens with zero attached hydrogens (tertiary/aromatic N) is 1. The molecule has 0 unspecified atom stereocenters. The van der Waals surface area contributed by atoms with E-state index in [1.54, 1.807) is 18.2 Å². The zero-order valence-electron chi connectivity index (χ0n) is 8.65. The Balaban J connectivity index is 1.99. The molecule has 3 nitrogen and oxygen atoms in total. The molecule has 0 amide bonds. The summed E-state index contributed by atoms with van der Waals surface area (Å²) in [7, 11) is 0. The zero-order chi connectivity index (χ0) is 11.4. The number of nitrogens with one attached hydrogen (secondary N) is 1. The summed E-state index contributed by atoms with van der Waals surface area (Å²) in [5.41, 5.74) is 6.54. The maximum Gasteiger partial charge on any atom is 0.128 e. The summed E-state index contributed by atoms with van der Waals surface area (Å²) in [6, 6.07) is 11.7. The molecule has 0 aliphatic rings. The molecular weight excluding hydrogens is 205 g/mol. The minimum absolute atomic E-state index is 0.231. The summed E-state index contributed by atoms with van der Waals surface area (Å²) >= 11 is 0. The van der Waals surface area contributed by atoms with Crippen molar-refractivity contribution in [3.63, 3.8) is 0 Å². The van der Waals surface area contributed by atoms with Gasteiger partial charge in [-0.3, -0.25) is 0 Å². The first-order valence-electron chi connectivity index (χ1n) is 4.95. The van der Waals surface area contributed by atoms with Crippen molar-refractivity contribution < 1.29 is 4.39 Å². The third-order valence-electron chi connectivity index (χ3n) is 2.16. The van der Waals surface area contributed by atoms with Crippen LogP contribution < -0.4 is 11.1 Å². The summed E-state index contributed by atoms with van der Waals surface area (Å²) in [6.07, 6.45) is 0.